The lowest BCUT2D eigenvalue weighted by Gasteiger charge is -2.13. The van der Waals surface area contributed by atoms with Crippen LogP contribution in [0.25, 0.3) is 15.9 Å². The van der Waals surface area contributed by atoms with Crippen LogP contribution < -0.4 is 10.9 Å². The van der Waals surface area contributed by atoms with Crippen molar-refractivity contribution in [3.05, 3.63) is 80.4 Å². The first-order valence-corrected chi connectivity index (χ1v) is 11.4. The van der Waals surface area contributed by atoms with E-state index in [1.807, 2.05) is 43.5 Å². The number of carbonyl (C=O) groups is 1. The van der Waals surface area contributed by atoms with Gasteiger partial charge in [0.2, 0.25) is 5.91 Å². The third-order valence-electron chi connectivity index (χ3n) is 4.66. The van der Waals surface area contributed by atoms with Gasteiger partial charge in [-0.25, -0.2) is 4.98 Å². The van der Waals surface area contributed by atoms with Gasteiger partial charge in [0.25, 0.3) is 5.56 Å². The van der Waals surface area contributed by atoms with Crippen molar-refractivity contribution in [3.8, 4) is 5.69 Å². The summed E-state index contributed by atoms with van der Waals surface area (Å²) in [6.45, 7) is 4.03. The lowest BCUT2D eigenvalue weighted by atomic mass is 10.1. The Morgan fingerprint density at radius 1 is 1.13 bits per heavy atom. The number of carbonyl (C=O) groups excluding carboxylic acids is 1. The van der Waals surface area contributed by atoms with Crippen molar-refractivity contribution >= 4 is 56.5 Å². The molecule has 30 heavy (non-hydrogen) atoms. The van der Waals surface area contributed by atoms with Crippen molar-refractivity contribution in [2.24, 2.45) is 0 Å². The predicted molar refractivity (Wildman–Crippen MR) is 125 cm³/mol. The van der Waals surface area contributed by atoms with Gasteiger partial charge >= 0.3 is 0 Å². The standard InChI is InChI=1S/C22H18ClN3O2S2/c1-13-3-8-17(11-14(13)2)26-21(28)20-18(9-10-29-20)25-22(26)30-12-19(27)24-16-6-4-15(23)5-7-16/h3-11H,12H2,1-2H3,(H,24,27). The van der Waals surface area contributed by atoms with E-state index in [0.717, 1.165) is 16.8 Å². The topological polar surface area (TPSA) is 64.0 Å². The van der Waals surface area contributed by atoms with E-state index >= 15 is 0 Å². The molecule has 1 N–H and O–H groups in total. The van der Waals surface area contributed by atoms with Crippen molar-refractivity contribution in [2.45, 2.75) is 19.0 Å². The summed E-state index contributed by atoms with van der Waals surface area (Å²) in [6.07, 6.45) is 0. The molecular weight excluding hydrogens is 438 g/mol. The van der Waals surface area contributed by atoms with Crippen LogP contribution in [0.3, 0.4) is 0 Å². The second kappa shape index (κ2) is 8.63. The summed E-state index contributed by atoms with van der Waals surface area (Å²) >= 11 is 8.49. The summed E-state index contributed by atoms with van der Waals surface area (Å²) < 4.78 is 2.19. The molecule has 4 aromatic rings. The van der Waals surface area contributed by atoms with Crippen LogP contribution in [-0.2, 0) is 4.79 Å². The minimum Gasteiger partial charge on any atom is -0.325 e. The number of anilines is 1. The number of aryl methyl sites for hydroxylation is 2. The van der Waals surface area contributed by atoms with Crippen LogP contribution in [0.4, 0.5) is 5.69 Å². The number of nitrogens with one attached hydrogen (secondary N) is 1. The van der Waals surface area contributed by atoms with Gasteiger partial charge < -0.3 is 5.32 Å². The van der Waals surface area contributed by atoms with Gasteiger partial charge in [0.05, 0.1) is 17.0 Å². The molecule has 0 aliphatic heterocycles. The molecule has 0 aliphatic rings. The Morgan fingerprint density at radius 2 is 1.90 bits per heavy atom. The number of rotatable bonds is 5. The second-order valence-corrected chi connectivity index (χ2v) is 9.08. The summed E-state index contributed by atoms with van der Waals surface area (Å²) in [6, 6.07) is 14.6. The molecule has 0 bridgehead atoms. The molecule has 0 saturated carbocycles. The summed E-state index contributed by atoms with van der Waals surface area (Å²) in [5, 5.41) is 5.77. The van der Waals surface area contributed by atoms with E-state index in [0.29, 0.717) is 26.1 Å². The number of amides is 1. The Kier molecular flexibility index (Phi) is 5.94. The quantitative estimate of drug-likeness (QED) is 0.321. The van der Waals surface area contributed by atoms with Gasteiger partial charge in [-0.2, -0.15) is 0 Å². The number of benzene rings is 2. The number of halogens is 1. The number of thioether (sulfide) groups is 1. The zero-order valence-electron chi connectivity index (χ0n) is 16.3. The first kappa shape index (κ1) is 20.7. The van der Waals surface area contributed by atoms with Crippen molar-refractivity contribution in [1.29, 1.82) is 0 Å². The third-order valence-corrected chi connectivity index (χ3v) is 6.74. The molecule has 0 spiro atoms. The van der Waals surface area contributed by atoms with Gasteiger partial charge in [-0.15, -0.1) is 11.3 Å². The first-order chi connectivity index (χ1) is 14.4. The summed E-state index contributed by atoms with van der Waals surface area (Å²) in [5.41, 5.74) is 4.16. The molecule has 4 rings (SSSR count). The molecular formula is C22H18ClN3O2S2. The highest BCUT2D eigenvalue weighted by atomic mass is 35.5. The maximum atomic E-state index is 13.2. The average Bonchev–Trinajstić information content (AvgIpc) is 3.19. The van der Waals surface area contributed by atoms with E-state index in [9.17, 15) is 9.59 Å². The first-order valence-electron chi connectivity index (χ1n) is 9.18. The van der Waals surface area contributed by atoms with Crippen molar-refractivity contribution in [1.82, 2.24) is 9.55 Å². The zero-order valence-corrected chi connectivity index (χ0v) is 18.7. The fourth-order valence-corrected chi connectivity index (χ4v) is 4.64. The molecule has 2 aromatic heterocycles. The average molecular weight is 456 g/mol. The number of nitrogens with zero attached hydrogens (tertiary/aromatic N) is 2. The fourth-order valence-electron chi connectivity index (χ4n) is 2.94. The monoisotopic (exact) mass is 455 g/mol. The van der Waals surface area contributed by atoms with Crippen LogP contribution in [0.15, 0.2) is 63.9 Å². The fraction of sp³-hybridized carbons (Fsp3) is 0.136. The van der Waals surface area contributed by atoms with Crippen LogP contribution in [-0.4, -0.2) is 21.2 Å². The smallest absolute Gasteiger partial charge is 0.276 e. The Labute approximate surface area is 186 Å². The summed E-state index contributed by atoms with van der Waals surface area (Å²) in [7, 11) is 0. The maximum absolute atomic E-state index is 13.2. The van der Waals surface area contributed by atoms with Gasteiger partial charge in [-0.1, -0.05) is 29.4 Å². The van der Waals surface area contributed by atoms with E-state index in [1.165, 1.54) is 23.1 Å². The molecule has 0 radical (unpaired) electrons. The molecule has 2 heterocycles. The van der Waals surface area contributed by atoms with Gasteiger partial charge in [-0.05, 0) is 72.8 Å². The lowest BCUT2D eigenvalue weighted by Crippen LogP contribution is -2.22. The molecule has 1 amide bonds. The minimum absolute atomic E-state index is 0.121. The highest BCUT2D eigenvalue weighted by Crippen LogP contribution is 2.25. The zero-order chi connectivity index (χ0) is 21.3. The van der Waals surface area contributed by atoms with Crippen molar-refractivity contribution < 1.29 is 4.79 Å². The van der Waals surface area contributed by atoms with Crippen LogP contribution in [0.5, 0.6) is 0 Å². The van der Waals surface area contributed by atoms with Crippen LogP contribution in [0, 0.1) is 13.8 Å². The molecule has 0 saturated heterocycles. The van der Waals surface area contributed by atoms with E-state index < -0.39 is 0 Å². The van der Waals surface area contributed by atoms with E-state index in [-0.39, 0.29) is 17.2 Å². The Bertz CT molecular complexity index is 1300. The molecule has 0 unspecified atom stereocenters. The van der Waals surface area contributed by atoms with Crippen LogP contribution in [0.2, 0.25) is 5.02 Å². The summed E-state index contributed by atoms with van der Waals surface area (Å²) in [5.74, 6) is -0.0659. The largest absolute Gasteiger partial charge is 0.325 e. The van der Waals surface area contributed by atoms with E-state index in [4.69, 9.17) is 11.6 Å². The number of hydrogen-bond donors (Lipinski definition) is 1. The minimum atomic E-state index is -0.186. The SMILES string of the molecule is Cc1ccc(-n2c(SCC(=O)Nc3ccc(Cl)cc3)nc3ccsc3c2=O)cc1C. The molecule has 0 atom stereocenters. The molecule has 5 nitrogen and oxygen atoms in total. The number of thiophene rings is 1. The lowest BCUT2D eigenvalue weighted by molar-refractivity contribution is -0.113. The Morgan fingerprint density at radius 3 is 2.63 bits per heavy atom. The second-order valence-electron chi connectivity index (χ2n) is 6.78. The van der Waals surface area contributed by atoms with E-state index in [2.05, 4.69) is 10.3 Å². The van der Waals surface area contributed by atoms with Crippen molar-refractivity contribution in [3.63, 3.8) is 0 Å². The Hall–Kier alpha value is -2.61. The maximum Gasteiger partial charge on any atom is 0.276 e. The highest BCUT2D eigenvalue weighted by molar-refractivity contribution is 7.99. The van der Waals surface area contributed by atoms with E-state index in [1.54, 1.807) is 28.8 Å². The van der Waals surface area contributed by atoms with Gasteiger partial charge in [0.15, 0.2) is 5.16 Å². The van der Waals surface area contributed by atoms with Gasteiger partial charge in [0.1, 0.15) is 4.70 Å². The molecule has 8 heteroatoms. The normalized spacial score (nSPS) is 11.0. The number of hydrogen-bond acceptors (Lipinski definition) is 5. The number of aromatic nitrogens is 2. The summed E-state index contributed by atoms with van der Waals surface area (Å²) in [4.78, 5) is 30.3. The van der Waals surface area contributed by atoms with Crippen LogP contribution >= 0.6 is 34.7 Å². The van der Waals surface area contributed by atoms with Gasteiger partial charge in [-0.3, -0.25) is 14.2 Å². The van der Waals surface area contributed by atoms with Crippen molar-refractivity contribution in [2.75, 3.05) is 11.1 Å². The highest BCUT2D eigenvalue weighted by Gasteiger charge is 2.16. The number of fused-ring (bicyclic) bond motifs is 1. The Balaban J connectivity index is 1.65. The predicted octanol–water partition coefficient (Wildman–Crippen LogP) is 5.45. The molecule has 0 aliphatic carbocycles. The molecule has 2 aromatic carbocycles. The third kappa shape index (κ3) is 4.28. The van der Waals surface area contributed by atoms with Crippen LogP contribution in [0.1, 0.15) is 11.1 Å². The molecule has 0 fully saturated rings. The molecule has 152 valence electrons. The van der Waals surface area contributed by atoms with Gasteiger partial charge in [0, 0.05) is 10.7 Å².